The van der Waals surface area contributed by atoms with Gasteiger partial charge in [-0.1, -0.05) is 36.3 Å². The lowest BCUT2D eigenvalue weighted by Gasteiger charge is -2.34. The van der Waals surface area contributed by atoms with Gasteiger partial charge in [0.1, 0.15) is 11.3 Å². The maximum Gasteiger partial charge on any atom is 0.196 e. The predicted octanol–water partition coefficient (Wildman–Crippen LogP) is 3.91. The maximum atomic E-state index is 13.8. The number of ketones is 1. The van der Waals surface area contributed by atoms with E-state index >= 15 is 0 Å². The largest absolute Gasteiger partial charge is 0.497 e. The molecule has 0 radical (unpaired) electrons. The van der Waals surface area contributed by atoms with Crippen LogP contribution in [0.25, 0.3) is 22.2 Å². The molecule has 178 valence electrons. The Morgan fingerprint density at radius 2 is 1.83 bits per heavy atom. The minimum atomic E-state index is -0.0129. The zero-order valence-corrected chi connectivity index (χ0v) is 20.1. The highest BCUT2D eigenvalue weighted by Crippen LogP contribution is 2.46. The number of nitrogens with one attached hydrogen (secondary N) is 2. The summed E-state index contributed by atoms with van der Waals surface area (Å²) in [5.41, 5.74) is 5.48. The van der Waals surface area contributed by atoms with Crippen molar-refractivity contribution in [3.63, 3.8) is 0 Å². The molecule has 7 nitrogen and oxygen atoms in total. The second-order valence-electron chi connectivity index (χ2n) is 9.27. The topological polar surface area (TPSA) is 72.0 Å². The third-order valence-electron chi connectivity index (χ3n) is 7.16. The molecular weight excluding hydrogens is 440 g/mol. The Bertz CT molecular complexity index is 1400. The zero-order chi connectivity index (χ0) is 23.9. The number of methoxy groups -OCH3 is 1. The molecule has 0 unspecified atom stereocenters. The Balaban J connectivity index is 1.49. The number of carbonyl (C=O) groups excluding carboxylic acids is 1. The Morgan fingerprint density at radius 1 is 1.09 bits per heavy atom. The molecular formula is C28H29N4O3+. The smallest absolute Gasteiger partial charge is 0.196 e. The van der Waals surface area contributed by atoms with Gasteiger partial charge in [-0.2, -0.15) is 0 Å². The van der Waals surface area contributed by atoms with E-state index in [-0.39, 0.29) is 5.78 Å². The molecule has 0 bridgehead atoms. The van der Waals surface area contributed by atoms with Crippen molar-refractivity contribution in [3.05, 3.63) is 65.7 Å². The highest BCUT2D eigenvalue weighted by atomic mass is 16.5. The summed E-state index contributed by atoms with van der Waals surface area (Å²) in [6.45, 7) is 7.50. The van der Waals surface area contributed by atoms with Crippen LogP contribution in [0.3, 0.4) is 0 Å². The lowest BCUT2D eigenvalue weighted by Crippen LogP contribution is -3.14. The fourth-order valence-electron chi connectivity index (χ4n) is 5.38. The first-order valence-corrected chi connectivity index (χ1v) is 12.3. The number of aromatic nitrogens is 1. The highest BCUT2D eigenvalue weighted by molar-refractivity contribution is 6.28. The van der Waals surface area contributed by atoms with Gasteiger partial charge in [-0.05, 0) is 36.8 Å². The summed E-state index contributed by atoms with van der Waals surface area (Å²) < 4.78 is 11.2. The molecule has 0 amide bonds. The fraction of sp³-hybridized carbons (Fsp3) is 0.286. The standard InChI is InChI=1S/C28H28N4O3/c1-3-12-31-13-15-32(16-14-31)23-17-22(29-18-8-10-19(34-2)11-9-18)24-25-26(23)30-35-28(25)21-7-5-4-6-20(21)27(24)33/h4-11,17,29H,3,12-16H2,1-2H3/p+1. The first kappa shape index (κ1) is 21.7. The van der Waals surface area contributed by atoms with E-state index in [9.17, 15) is 4.79 Å². The molecule has 2 heterocycles. The summed E-state index contributed by atoms with van der Waals surface area (Å²) in [7, 11) is 1.65. The van der Waals surface area contributed by atoms with Gasteiger partial charge in [0, 0.05) is 16.8 Å². The van der Waals surface area contributed by atoms with Gasteiger partial charge >= 0.3 is 0 Å². The summed E-state index contributed by atoms with van der Waals surface area (Å²) >= 11 is 0. The molecule has 0 atom stereocenters. The van der Waals surface area contributed by atoms with E-state index in [1.807, 2.05) is 48.5 Å². The van der Waals surface area contributed by atoms with Crippen molar-refractivity contribution >= 4 is 33.7 Å². The van der Waals surface area contributed by atoms with Gasteiger partial charge < -0.3 is 24.4 Å². The number of hydrogen-bond acceptors (Lipinski definition) is 6. The summed E-state index contributed by atoms with van der Waals surface area (Å²) in [4.78, 5) is 17.8. The number of carbonyl (C=O) groups is 1. The van der Waals surface area contributed by atoms with E-state index in [0.29, 0.717) is 16.9 Å². The summed E-state index contributed by atoms with van der Waals surface area (Å²) in [6, 6.07) is 17.4. The van der Waals surface area contributed by atoms with Crippen LogP contribution in [0.2, 0.25) is 0 Å². The molecule has 3 aromatic carbocycles. The Labute approximate surface area is 204 Å². The predicted molar refractivity (Wildman–Crippen MR) is 137 cm³/mol. The van der Waals surface area contributed by atoms with Crippen molar-refractivity contribution in [2.75, 3.05) is 50.1 Å². The fourth-order valence-corrected chi connectivity index (χ4v) is 5.38. The van der Waals surface area contributed by atoms with Gasteiger partial charge in [0.05, 0.1) is 62.2 Å². The van der Waals surface area contributed by atoms with Crippen molar-refractivity contribution in [3.8, 4) is 17.1 Å². The summed E-state index contributed by atoms with van der Waals surface area (Å²) in [5, 5.41) is 8.81. The van der Waals surface area contributed by atoms with Gasteiger partial charge in [-0.25, -0.2) is 0 Å². The second kappa shape index (κ2) is 8.74. The van der Waals surface area contributed by atoms with Gasteiger partial charge in [0.25, 0.3) is 0 Å². The molecule has 0 saturated carbocycles. The number of quaternary nitrogens is 1. The number of nitrogens with zero attached hydrogens (tertiary/aromatic N) is 2. The van der Waals surface area contributed by atoms with Crippen molar-refractivity contribution in [1.82, 2.24) is 5.16 Å². The molecule has 1 saturated heterocycles. The summed E-state index contributed by atoms with van der Waals surface area (Å²) in [6.07, 6.45) is 1.19. The maximum absolute atomic E-state index is 13.8. The number of ether oxygens (including phenoxy) is 1. The first-order valence-electron chi connectivity index (χ1n) is 12.3. The van der Waals surface area contributed by atoms with Gasteiger partial charge in [-0.3, -0.25) is 4.79 Å². The van der Waals surface area contributed by atoms with Crippen molar-refractivity contribution in [1.29, 1.82) is 0 Å². The molecule has 0 spiro atoms. The number of benzene rings is 3. The van der Waals surface area contributed by atoms with Crippen LogP contribution >= 0.6 is 0 Å². The molecule has 6 rings (SSSR count). The van der Waals surface area contributed by atoms with Crippen LogP contribution in [0.15, 0.2) is 59.1 Å². The van der Waals surface area contributed by atoms with Crippen molar-refractivity contribution in [2.24, 2.45) is 0 Å². The molecule has 1 aliphatic carbocycles. The Kier molecular flexibility index (Phi) is 5.41. The minimum Gasteiger partial charge on any atom is -0.497 e. The summed E-state index contributed by atoms with van der Waals surface area (Å²) in [5.74, 6) is 1.44. The van der Waals surface area contributed by atoms with Crippen LogP contribution in [0, 0.1) is 0 Å². The van der Waals surface area contributed by atoms with Crippen LogP contribution in [-0.2, 0) is 0 Å². The van der Waals surface area contributed by atoms with Crippen LogP contribution in [-0.4, -0.2) is 50.8 Å². The van der Waals surface area contributed by atoms with Crippen LogP contribution in [0.5, 0.6) is 5.75 Å². The lowest BCUT2D eigenvalue weighted by molar-refractivity contribution is -0.900. The number of rotatable bonds is 6. The molecule has 1 aliphatic heterocycles. The number of piperazine rings is 1. The normalized spacial score (nSPS) is 15.4. The van der Waals surface area contributed by atoms with E-state index in [4.69, 9.17) is 9.26 Å². The first-order chi connectivity index (χ1) is 17.2. The molecule has 2 N–H and O–H groups in total. The van der Waals surface area contributed by atoms with E-state index in [1.54, 1.807) is 12.0 Å². The average Bonchev–Trinajstić information content (AvgIpc) is 3.34. The number of hydrogen-bond donors (Lipinski definition) is 2. The van der Waals surface area contributed by atoms with E-state index in [1.165, 1.54) is 13.0 Å². The molecule has 35 heavy (non-hydrogen) atoms. The van der Waals surface area contributed by atoms with E-state index < -0.39 is 0 Å². The monoisotopic (exact) mass is 469 g/mol. The Morgan fingerprint density at radius 3 is 2.54 bits per heavy atom. The van der Waals surface area contributed by atoms with Crippen LogP contribution in [0.1, 0.15) is 29.3 Å². The Hall–Kier alpha value is -3.84. The van der Waals surface area contributed by atoms with Crippen LogP contribution < -0.4 is 19.9 Å². The third kappa shape index (κ3) is 3.63. The SMILES string of the molecule is CCC[NH+]1CCN(c2cc(Nc3ccc(OC)cc3)c3c4c(onc24)-c2ccccc2C3=O)CC1. The van der Waals surface area contributed by atoms with Gasteiger partial charge in [0.2, 0.25) is 0 Å². The lowest BCUT2D eigenvalue weighted by atomic mass is 9.86. The zero-order valence-electron chi connectivity index (χ0n) is 20.1. The van der Waals surface area contributed by atoms with Gasteiger partial charge in [-0.15, -0.1) is 0 Å². The van der Waals surface area contributed by atoms with Crippen molar-refractivity contribution < 1.29 is 19.0 Å². The molecule has 1 fully saturated rings. The molecule has 4 aromatic rings. The number of fused-ring (bicyclic) bond motifs is 2. The molecule has 2 aliphatic rings. The van der Waals surface area contributed by atoms with Crippen LogP contribution in [0.4, 0.5) is 17.1 Å². The van der Waals surface area contributed by atoms with Crippen molar-refractivity contribution in [2.45, 2.75) is 13.3 Å². The second-order valence-corrected chi connectivity index (χ2v) is 9.27. The van der Waals surface area contributed by atoms with E-state index in [2.05, 4.69) is 28.4 Å². The molecule has 1 aromatic heterocycles. The highest BCUT2D eigenvalue weighted by Gasteiger charge is 2.34. The third-order valence-corrected chi connectivity index (χ3v) is 7.16. The minimum absolute atomic E-state index is 0.0129. The average molecular weight is 470 g/mol. The number of anilines is 3. The van der Waals surface area contributed by atoms with E-state index in [0.717, 1.165) is 65.5 Å². The van der Waals surface area contributed by atoms with Gasteiger partial charge in [0.15, 0.2) is 11.5 Å². The quantitative estimate of drug-likeness (QED) is 0.393. The molecule has 7 heteroatoms.